The summed E-state index contributed by atoms with van der Waals surface area (Å²) in [6.45, 7) is 0.592. The van der Waals surface area contributed by atoms with E-state index in [1.54, 1.807) is 12.5 Å². The highest BCUT2D eigenvalue weighted by atomic mass is 16.3. The molecule has 4 aromatic heterocycles. The Balaban J connectivity index is 1.65. The number of nitriles is 1. The Kier molecular flexibility index (Phi) is 5.63. The van der Waals surface area contributed by atoms with Gasteiger partial charge in [0.1, 0.15) is 11.2 Å². The topological polar surface area (TPSA) is 152 Å². The molecule has 0 atom stereocenters. The second-order valence-corrected chi connectivity index (χ2v) is 6.79. The van der Waals surface area contributed by atoms with Crippen molar-refractivity contribution in [2.45, 2.75) is 6.54 Å². The van der Waals surface area contributed by atoms with Crippen molar-refractivity contribution in [3.05, 3.63) is 36.3 Å². The Morgan fingerprint density at radius 1 is 1.32 bits per heavy atom. The predicted molar refractivity (Wildman–Crippen MR) is 118 cm³/mol. The van der Waals surface area contributed by atoms with Gasteiger partial charge in [-0.15, -0.1) is 4.99 Å². The standard InChI is InChI=1S/C20H22N10O/c1-22-19-16-17(30(2)11-26-16)13-8-15(28-18(13)29-19)14-5-3-4-12(27-14)9-24-20(25-10-21)23-6-7-31/h3-5,8,11,31H,6-7,9H2,1-2H3,(H2,22,28,29)(H2,23,24,25). The molecule has 0 aliphatic carbocycles. The van der Waals surface area contributed by atoms with E-state index in [9.17, 15) is 0 Å². The van der Waals surface area contributed by atoms with E-state index in [1.807, 2.05) is 42.9 Å². The van der Waals surface area contributed by atoms with Crippen molar-refractivity contribution >= 4 is 33.8 Å². The summed E-state index contributed by atoms with van der Waals surface area (Å²) in [7, 11) is 3.78. The van der Waals surface area contributed by atoms with Crippen LogP contribution < -0.4 is 16.0 Å². The maximum Gasteiger partial charge on any atom is 0.209 e. The zero-order valence-electron chi connectivity index (χ0n) is 17.1. The van der Waals surface area contributed by atoms with E-state index >= 15 is 0 Å². The molecule has 0 aliphatic rings. The first kappa shape index (κ1) is 20.1. The second-order valence-electron chi connectivity index (χ2n) is 6.79. The summed E-state index contributed by atoms with van der Waals surface area (Å²) < 4.78 is 1.97. The van der Waals surface area contributed by atoms with Gasteiger partial charge in [-0.2, -0.15) is 5.26 Å². The summed E-state index contributed by atoms with van der Waals surface area (Å²) in [5.74, 6) is 0.999. The SMILES string of the molecule is CNc1nc2[nH]c(-c3cccc(CN/C(=N\C#N)NCCO)n3)cc2c2c1ncn2C. The molecular weight excluding hydrogens is 396 g/mol. The summed E-state index contributed by atoms with van der Waals surface area (Å²) in [5, 5.41) is 27.7. The van der Waals surface area contributed by atoms with Crippen LogP contribution in [0, 0.1) is 11.5 Å². The average molecular weight is 418 g/mol. The largest absolute Gasteiger partial charge is 0.395 e. The Morgan fingerprint density at radius 2 is 2.19 bits per heavy atom. The number of aliphatic imine (C=N–C) groups is 1. The molecule has 5 N–H and O–H groups in total. The molecule has 158 valence electrons. The maximum absolute atomic E-state index is 8.93. The number of guanidine groups is 1. The molecule has 4 rings (SSSR count). The molecule has 0 saturated carbocycles. The van der Waals surface area contributed by atoms with Crippen LogP contribution in [0.5, 0.6) is 0 Å². The Hall–Kier alpha value is -4.17. The highest BCUT2D eigenvalue weighted by Crippen LogP contribution is 2.31. The van der Waals surface area contributed by atoms with Crippen LogP contribution in [0.4, 0.5) is 5.82 Å². The number of aromatic nitrogens is 5. The van der Waals surface area contributed by atoms with E-state index in [-0.39, 0.29) is 12.6 Å². The summed E-state index contributed by atoms with van der Waals surface area (Å²) in [5.41, 5.74) is 4.92. The number of hydrogen-bond donors (Lipinski definition) is 5. The number of aliphatic hydroxyl groups excluding tert-OH is 1. The van der Waals surface area contributed by atoms with Crippen molar-refractivity contribution in [3.63, 3.8) is 0 Å². The number of imidazole rings is 1. The van der Waals surface area contributed by atoms with E-state index in [0.29, 0.717) is 18.9 Å². The lowest BCUT2D eigenvalue weighted by Gasteiger charge is -2.10. The Morgan fingerprint density at radius 3 is 2.97 bits per heavy atom. The number of pyridine rings is 2. The quantitative estimate of drug-likeness (QED) is 0.177. The Labute approximate surface area is 177 Å². The summed E-state index contributed by atoms with van der Waals surface area (Å²) in [4.78, 5) is 20.8. The van der Waals surface area contributed by atoms with Crippen molar-refractivity contribution in [2.24, 2.45) is 12.0 Å². The van der Waals surface area contributed by atoms with Crippen LogP contribution in [0.15, 0.2) is 35.6 Å². The molecule has 11 nitrogen and oxygen atoms in total. The van der Waals surface area contributed by atoms with E-state index in [4.69, 9.17) is 15.4 Å². The smallest absolute Gasteiger partial charge is 0.209 e. The van der Waals surface area contributed by atoms with Gasteiger partial charge in [0.2, 0.25) is 12.2 Å². The molecule has 11 heteroatoms. The lowest BCUT2D eigenvalue weighted by molar-refractivity contribution is 0.300. The van der Waals surface area contributed by atoms with Gasteiger partial charge in [0.05, 0.1) is 42.1 Å². The van der Waals surface area contributed by atoms with Crippen LogP contribution in [-0.2, 0) is 13.6 Å². The molecule has 4 aromatic rings. The van der Waals surface area contributed by atoms with Crippen molar-refractivity contribution < 1.29 is 5.11 Å². The molecule has 0 fully saturated rings. The first-order chi connectivity index (χ1) is 15.1. The van der Waals surface area contributed by atoms with Crippen molar-refractivity contribution in [2.75, 3.05) is 25.5 Å². The van der Waals surface area contributed by atoms with Crippen LogP contribution in [0.25, 0.3) is 33.5 Å². The monoisotopic (exact) mass is 418 g/mol. The van der Waals surface area contributed by atoms with Crippen LogP contribution in [-0.4, -0.2) is 55.8 Å². The minimum atomic E-state index is -0.0620. The molecule has 0 spiro atoms. The van der Waals surface area contributed by atoms with Gasteiger partial charge in [-0.1, -0.05) is 6.07 Å². The number of aliphatic hydroxyl groups is 1. The third-order valence-corrected chi connectivity index (χ3v) is 4.76. The predicted octanol–water partition coefficient (Wildman–Crippen LogP) is 1.06. The lowest BCUT2D eigenvalue weighted by Crippen LogP contribution is -2.38. The van der Waals surface area contributed by atoms with Gasteiger partial charge in [0.15, 0.2) is 5.82 Å². The van der Waals surface area contributed by atoms with Crippen molar-refractivity contribution in [1.29, 1.82) is 5.26 Å². The van der Waals surface area contributed by atoms with Gasteiger partial charge in [-0.25, -0.2) is 15.0 Å². The van der Waals surface area contributed by atoms with Gasteiger partial charge < -0.3 is 30.6 Å². The normalized spacial score (nSPS) is 11.6. The average Bonchev–Trinajstić information content (AvgIpc) is 3.39. The number of anilines is 1. The second kappa shape index (κ2) is 8.68. The number of aryl methyl sites for hydroxylation is 1. The van der Waals surface area contributed by atoms with Crippen LogP contribution in [0.2, 0.25) is 0 Å². The first-order valence-corrected chi connectivity index (χ1v) is 9.67. The molecule has 0 amide bonds. The lowest BCUT2D eigenvalue weighted by atomic mass is 10.2. The zero-order chi connectivity index (χ0) is 21.8. The van der Waals surface area contributed by atoms with E-state index in [0.717, 1.165) is 39.1 Å². The fraction of sp³-hybridized carbons (Fsp3) is 0.250. The summed E-state index contributed by atoms with van der Waals surface area (Å²) in [6.07, 6.45) is 3.50. The van der Waals surface area contributed by atoms with Gasteiger partial charge in [0, 0.05) is 26.0 Å². The number of rotatable bonds is 6. The molecule has 0 aromatic carbocycles. The maximum atomic E-state index is 8.93. The molecule has 0 unspecified atom stereocenters. The van der Waals surface area contributed by atoms with E-state index in [1.165, 1.54) is 0 Å². The fourth-order valence-electron chi connectivity index (χ4n) is 3.38. The minimum absolute atomic E-state index is 0.0620. The van der Waals surface area contributed by atoms with Gasteiger partial charge in [-0.05, 0) is 18.2 Å². The highest BCUT2D eigenvalue weighted by Gasteiger charge is 2.15. The molecule has 0 saturated heterocycles. The van der Waals surface area contributed by atoms with E-state index in [2.05, 4.69) is 35.9 Å². The summed E-state index contributed by atoms with van der Waals surface area (Å²) >= 11 is 0. The molecule has 0 aliphatic heterocycles. The number of nitrogens with zero attached hydrogens (tertiary/aromatic N) is 6. The van der Waals surface area contributed by atoms with Crippen molar-refractivity contribution in [1.82, 2.24) is 35.1 Å². The summed E-state index contributed by atoms with van der Waals surface area (Å²) in [6, 6.07) is 7.74. The zero-order valence-corrected chi connectivity index (χ0v) is 17.1. The third kappa shape index (κ3) is 3.96. The van der Waals surface area contributed by atoms with Gasteiger partial charge >= 0.3 is 0 Å². The van der Waals surface area contributed by atoms with Crippen LogP contribution in [0.3, 0.4) is 0 Å². The molecular formula is C20H22N10O. The number of aromatic amines is 1. The van der Waals surface area contributed by atoms with E-state index < -0.39 is 0 Å². The number of hydrogen-bond acceptors (Lipinski definition) is 7. The van der Waals surface area contributed by atoms with Crippen molar-refractivity contribution in [3.8, 4) is 17.6 Å². The van der Waals surface area contributed by atoms with Crippen LogP contribution in [0.1, 0.15) is 5.69 Å². The minimum Gasteiger partial charge on any atom is -0.395 e. The molecule has 0 bridgehead atoms. The highest BCUT2D eigenvalue weighted by molar-refractivity contribution is 6.07. The molecule has 4 heterocycles. The third-order valence-electron chi connectivity index (χ3n) is 4.76. The van der Waals surface area contributed by atoms with Gasteiger partial charge in [0.25, 0.3) is 0 Å². The number of nitrogens with one attached hydrogen (secondary N) is 4. The van der Waals surface area contributed by atoms with Crippen LogP contribution >= 0.6 is 0 Å². The molecule has 31 heavy (non-hydrogen) atoms. The number of fused-ring (bicyclic) bond motifs is 3. The Bertz CT molecular complexity index is 1300. The number of H-pyrrole nitrogens is 1. The van der Waals surface area contributed by atoms with Gasteiger partial charge in [-0.3, -0.25) is 0 Å². The first-order valence-electron chi connectivity index (χ1n) is 9.67. The molecule has 0 radical (unpaired) electrons. The fourth-order valence-corrected chi connectivity index (χ4v) is 3.38.